The van der Waals surface area contributed by atoms with Gasteiger partial charge in [0.05, 0.1) is 22.0 Å². The van der Waals surface area contributed by atoms with Crippen LogP contribution in [0.2, 0.25) is 0 Å². The van der Waals surface area contributed by atoms with E-state index in [9.17, 15) is 14.9 Å². The molecular weight excluding hydrogens is 592 g/mol. The Morgan fingerprint density at radius 3 is 2.50 bits per heavy atom. The van der Waals surface area contributed by atoms with Crippen LogP contribution in [0, 0.1) is 10.1 Å². The summed E-state index contributed by atoms with van der Waals surface area (Å²) in [6, 6.07) is 17.1. The Balaban J connectivity index is 1.69. The van der Waals surface area contributed by atoms with E-state index in [2.05, 4.69) is 37.0 Å². The van der Waals surface area contributed by atoms with E-state index in [0.29, 0.717) is 28.0 Å². The highest BCUT2D eigenvalue weighted by Gasteiger charge is 2.16. The third kappa shape index (κ3) is 5.71. The molecule has 0 fully saturated rings. The predicted octanol–water partition coefficient (Wildman–Crippen LogP) is 6.80. The van der Waals surface area contributed by atoms with Crippen LogP contribution in [0.3, 0.4) is 0 Å². The van der Waals surface area contributed by atoms with Gasteiger partial charge in [0.25, 0.3) is 11.2 Å². The minimum absolute atomic E-state index is 0.0169. The number of aromatic nitrogens is 2. The van der Waals surface area contributed by atoms with E-state index in [1.54, 1.807) is 30.5 Å². The Morgan fingerprint density at radius 2 is 1.81 bits per heavy atom. The van der Waals surface area contributed by atoms with Gasteiger partial charge in [-0.1, -0.05) is 45.7 Å². The SMILES string of the molecule is CC[C@@H](C)c1nc2ccc(Br)cc2c(=O)n1N=Cc1cc(Br)ccc1OCc1ccc([N+](=O)[O-])cc1. The molecule has 0 N–H and O–H groups in total. The van der Waals surface area contributed by atoms with Crippen molar-refractivity contribution in [3.8, 4) is 5.75 Å². The van der Waals surface area contributed by atoms with Gasteiger partial charge < -0.3 is 4.74 Å². The van der Waals surface area contributed by atoms with Crippen molar-refractivity contribution in [2.45, 2.75) is 32.8 Å². The Kier molecular flexibility index (Phi) is 7.95. The Hall–Kier alpha value is -3.37. The van der Waals surface area contributed by atoms with Crippen LogP contribution in [0.15, 0.2) is 79.5 Å². The fourth-order valence-corrected chi connectivity index (χ4v) is 4.27. The first-order valence-electron chi connectivity index (χ1n) is 11.2. The van der Waals surface area contributed by atoms with Crippen LogP contribution in [-0.4, -0.2) is 20.8 Å². The molecule has 0 amide bonds. The van der Waals surface area contributed by atoms with Crippen LogP contribution in [0.4, 0.5) is 5.69 Å². The maximum absolute atomic E-state index is 13.4. The zero-order chi connectivity index (χ0) is 25.8. The molecule has 0 unspecified atom stereocenters. The summed E-state index contributed by atoms with van der Waals surface area (Å²) in [5, 5.41) is 15.9. The summed E-state index contributed by atoms with van der Waals surface area (Å²) < 4.78 is 8.95. The van der Waals surface area contributed by atoms with E-state index in [-0.39, 0.29) is 23.8 Å². The standard InChI is InChI=1S/C26H22Br2N4O4/c1-3-16(2)25-30-23-10-6-20(28)13-22(23)26(33)31(25)29-14-18-12-19(27)7-11-24(18)36-15-17-4-8-21(9-5-17)32(34)35/h4-14,16H,3,15H2,1-2H3/t16-/m1/s1. The number of nitro benzene ring substituents is 1. The number of non-ortho nitro benzene ring substituents is 1. The number of nitro groups is 1. The second-order valence-electron chi connectivity index (χ2n) is 8.20. The molecule has 0 aliphatic rings. The maximum atomic E-state index is 13.4. The molecule has 1 atom stereocenters. The minimum Gasteiger partial charge on any atom is -0.488 e. The van der Waals surface area contributed by atoms with Crippen LogP contribution < -0.4 is 10.3 Å². The third-order valence-corrected chi connectivity index (χ3v) is 6.70. The van der Waals surface area contributed by atoms with Gasteiger partial charge in [-0.25, -0.2) is 4.98 Å². The first kappa shape index (κ1) is 25.7. The Morgan fingerprint density at radius 1 is 1.11 bits per heavy atom. The minimum atomic E-state index is -0.441. The molecule has 10 heteroatoms. The number of rotatable bonds is 8. The second-order valence-corrected chi connectivity index (χ2v) is 10.0. The van der Waals surface area contributed by atoms with Gasteiger partial charge in [0.2, 0.25) is 0 Å². The number of halogens is 2. The summed E-state index contributed by atoms with van der Waals surface area (Å²) >= 11 is 6.90. The van der Waals surface area contributed by atoms with E-state index in [1.165, 1.54) is 16.8 Å². The summed E-state index contributed by atoms with van der Waals surface area (Å²) in [5.41, 5.74) is 1.83. The van der Waals surface area contributed by atoms with Crippen molar-refractivity contribution in [2.75, 3.05) is 0 Å². The van der Waals surface area contributed by atoms with Crippen molar-refractivity contribution < 1.29 is 9.66 Å². The summed E-state index contributed by atoms with van der Waals surface area (Å²) in [4.78, 5) is 28.6. The van der Waals surface area contributed by atoms with Crippen LogP contribution >= 0.6 is 31.9 Å². The van der Waals surface area contributed by atoms with Crippen molar-refractivity contribution in [1.29, 1.82) is 0 Å². The maximum Gasteiger partial charge on any atom is 0.282 e. The lowest BCUT2D eigenvalue weighted by molar-refractivity contribution is -0.384. The van der Waals surface area contributed by atoms with E-state index in [4.69, 9.17) is 9.72 Å². The predicted molar refractivity (Wildman–Crippen MR) is 147 cm³/mol. The average molecular weight is 614 g/mol. The zero-order valence-electron chi connectivity index (χ0n) is 19.5. The van der Waals surface area contributed by atoms with Crippen LogP contribution in [-0.2, 0) is 6.61 Å². The van der Waals surface area contributed by atoms with Gasteiger partial charge >= 0.3 is 0 Å². The molecular formula is C26H22Br2N4O4. The highest BCUT2D eigenvalue weighted by molar-refractivity contribution is 9.10. The van der Waals surface area contributed by atoms with Gasteiger partial charge in [0.15, 0.2) is 0 Å². The number of fused-ring (bicyclic) bond motifs is 1. The fraction of sp³-hybridized carbons (Fsp3) is 0.192. The first-order valence-corrected chi connectivity index (χ1v) is 12.8. The number of hydrogen-bond acceptors (Lipinski definition) is 6. The van der Waals surface area contributed by atoms with Gasteiger partial charge in [0.1, 0.15) is 18.2 Å². The van der Waals surface area contributed by atoms with Gasteiger partial charge in [-0.2, -0.15) is 9.78 Å². The van der Waals surface area contributed by atoms with E-state index >= 15 is 0 Å². The highest BCUT2D eigenvalue weighted by atomic mass is 79.9. The molecule has 1 heterocycles. The zero-order valence-corrected chi connectivity index (χ0v) is 22.7. The smallest absolute Gasteiger partial charge is 0.282 e. The first-order chi connectivity index (χ1) is 17.3. The van der Waals surface area contributed by atoms with Crippen molar-refractivity contribution >= 4 is 54.7 Å². The lowest BCUT2D eigenvalue weighted by Gasteiger charge is -2.14. The normalized spacial score (nSPS) is 12.2. The molecule has 1 aromatic heterocycles. The molecule has 0 saturated carbocycles. The number of hydrogen-bond donors (Lipinski definition) is 0. The monoisotopic (exact) mass is 612 g/mol. The Bertz CT molecular complexity index is 1520. The molecule has 8 nitrogen and oxygen atoms in total. The molecule has 4 aromatic rings. The fourth-order valence-electron chi connectivity index (χ4n) is 3.53. The number of benzene rings is 3. The van der Waals surface area contributed by atoms with E-state index in [0.717, 1.165) is 20.9 Å². The van der Waals surface area contributed by atoms with Crippen LogP contribution in [0.25, 0.3) is 10.9 Å². The van der Waals surface area contributed by atoms with E-state index < -0.39 is 4.92 Å². The molecule has 0 bridgehead atoms. The van der Waals surface area contributed by atoms with Crippen molar-refractivity contribution in [3.05, 3.63) is 107 Å². The van der Waals surface area contributed by atoms with Crippen molar-refractivity contribution in [1.82, 2.24) is 9.66 Å². The molecule has 0 radical (unpaired) electrons. The summed E-state index contributed by atoms with van der Waals surface area (Å²) in [5.74, 6) is 1.15. The van der Waals surface area contributed by atoms with Crippen molar-refractivity contribution in [3.63, 3.8) is 0 Å². The van der Waals surface area contributed by atoms with Crippen LogP contribution in [0.1, 0.15) is 43.1 Å². The molecule has 0 saturated heterocycles. The molecule has 4 rings (SSSR count). The van der Waals surface area contributed by atoms with E-state index in [1.807, 2.05) is 38.1 Å². The van der Waals surface area contributed by atoms with Gasteiger partial charge in [0, 0.05) is 32.6 Å². The van der Waals surface area contributed by atoms with Gasteiger partial charge in [-0.05, 0) is 60.5 Å². The summed E-state index contributed by atoms with van der Waals surface area (Å²) in [7, 11) is 0. The molecule has 0 spiro atoms. The quantitative estimate of drug-likeness (QED) is 0.124. The van der Waals surface area contributed by atoms with Gasteiger partial charge in [-0.3, -0.25) is 14.9 Å². The Labute approximate surface area is 224 Å². The molecule has 0 aliphatic carbocycles. The average Bonchev–Trinajstić information content (AvgIpc) is 2.87. The van der Waals surface area contributed by atoms with Crippen molar-refractivity contribution in [2.24, 2.45) is 5.10 Å². The largest absolute Gasteiger partial charge is 0.488 e. The highest BCUT2D eigenvalue weighted by Crippen LogP contribution is 2.25. The topological polar surface area (TPSA) is 99.6 Å². The number of ether oxygens (including phenoxy) is 1. The molecule has 184 valence electrons. The summed E-state index contributed by atoms with van der Waals surface area (Å²) in [6.07, 6.45) is 2.37. The summed E-state index contributed by atoms with van der Waals surface area (Å²) in [6.45, 7) is 4.26. The third-order valence-electron chi connectivity index (χ3n) is 5.71. The molecule has 36 heavy (non-hydrogen) atoms. The lowest BCUT2D eigenvalue weighted by Crippen LogP contribution is -2.23. The van der Waals surface area contributed by atoms with Crippen LogP contribution in [0.5, 0.6) is 5.75 Å². The second kappa shape index (κ2) is 11.1. The molecule has 3 aromatic carbocycles. The molecule has 0 aliphatic heterocycles. The van der Waals surface area contributed by atoms with Gasteiger partial charge in [-0.15, -0.1) is 0 Å². The number of nitrogens with zero attached hydrogens (tertiary/aromatic N) is 4. The lowest BCUT2D eigenvalue weighted by atomic mass is 10.1.